The van der Waals surface area contributed by atoms with Crippen LogP contribution in [0.5, 0.6) is 0 Å². The third kappa shape index (κ3) is 1.65. The molecule has 1 heterocycles. The molecule has 0 unspecified atom stereocenters. The van der Waals surface area contributed by atoms with E-state index in [1.165, 1.54) is 23.6 Å². The number of amides is 1. The van der Waals surface area contributed by atoms with Crippen LogP contribution in [-0.4, -0.2) is 33.8 Å². The molecule has 1 amide bonds. The van der Waals surface area contributed by atoms with Crippen molar-refractivity contribution in [2.24, 2.45) is 0 Å². The van der Waals surface area contributed by atoms with Gasteiger partial charge in [-0.25, -0.2) is 4.79 Å². The number of carbonyl (C=O) groups is 2. The molecular weight excluding hydrogens is 166 g/mol. The number of thioether (sulfide) groups is 1. The van der Waals surface area contributed by atoms with E-state index in [1.807, 2.05) is 0 Å². The van der Waals surface area contributed by atoms with Crippen LogP contribution in [0.3, 0.4) is 0 Å². The van der Waals surface area contributed by atoms with Gasteiger partial charge in [0.05, 0.1) is 11.6 Å². The lowest BCUT2D eigenvalue weighted by molar-refractivity contribution is -0.146. The highest BCUT2D eigenvalue weighted by Crippen LogP contribution is 2.25. The normalized spacial score (nSPS) is 23.7. The van der Waals surface area contributed by atoms with Gasteiger partial charge in [0.1, 0.15) is 6.04 Å². The van der Waals surface area contributed by atoms with Gasteiger partial charge in [-0.15, -0.1) is 11.8 Å². The molecule has 11 heavy (non-hydrogen) atoms. The van der Waals surface area contributed by atoms with Crippen molar-refractivity contribution in [1.82, 2.24) is 4.90 Å². The van der Waals surface area contributed by atoms with Crippen molar-refractivity contribution in [2.75, 3.05) is 5.88 Å². The second-order valence-corrected chi connectivity index (χ2v) is 2.90. The topological polar surface area (TPSA) is 57.6 Å². The predicted molar refractivity (Wildman–Crippen MR) is 39.6 cm³/mol. The Morgan fingerprint density at radius 2 is 2.36 bits per heavy atom. The summed E-state index contributed by atoms with van der Waals surface area (Å²) in [4.78, 5) is 22.5. The highest BCUT2D eigenvalue weighted by Gasteiger charge is 2.33. The molecule has 1 fully saturated rings. The molecule has 0 aromatic carbocycles. The second kappa shape index (κ2) is 3.13. The van der Waals surface area contributed by atoms with Crippen LogP contribution in [0.25, 0.3) is 0 Å². The minimum Gasteiger partial charge on any atom is -0.480 e. The molecule has 1 saturated heterocycles. The molecule has 60 valence electrons. The van der Waals surface area contributed by atoms with Gasteiger partial charge in [0, 0.05) is 6.92 Å². The van der Waals surface area contributed by atoms with Crippen LogP contribution in [0.2, 0.25) is 0 Å². The minimum atomic E-state index is -1.02. The monoisotopic (exact) mass is 173 g/mol. The number of carboxylic acid groups (broad SMARTS) is 1. The molecule has 0 bridgehead atoms. The first-order valence-corrected chi connectivity index (χ1v) is 3.99. The van der Waals surface area contributed by atoms with Crippen molar-refractivity contribution < 1.29 is 14.7 Å². The van der Waals surface area contributed by atoms with Crippen LogP contribution < -0.4 is 0 Å². The number of hydrogen-bond donors (Lipinski definition) is 1. The molecule has 0 aliphatic carbocycles. The van der Waals surface area contributed by atoms with E-state index in [4.69, 9.17) is 5.11 Å². The van der Waals surface area contributed by atoms with Gasteiger partial charge in [0.15, 0.2) is 0 Å². The summed E-state index contributed by atoms with van der Waals surface area (Å²) >= 11 is 1.22. The first-order valence-electron chi connectivity index (χ1n) is 3.00. The van der Waals surface area contributed by atoms with Crippen molar-refractivity contribution in [3.63, 3.8) is 0 Å². The number of aliphatic carboxylic acids is 1. The van der Waals surface area contributed by atoms with Gasteiger partial charge in [-0.3, -0.25) is 4.79 Å². The third-order valence-corrected chi connectivity index (χ3v) is 2.15. The SMILES string of the molecule is CC(=O)N1CS[C][C@H]1C(=O)O. The highest BCUT2D eigenvalue weighted by molar-refractivity contribution is 8.01. The zero-order chi connectivity index (χ0) is 8.43. The summed E-state index contributed by atoms with van der Waals surface area (Å²) in [6.45, 7) is 1.35. The standard InChI is InChI=1S/C6H7NO3S/c1-4(8)7-3-11-2-5(7)6(9)10/h5H,3H2,1H3,(H,9,10)/t5-/m0/s1. The molecule has 0 spiro atoms. The molecule has 0 saturated carbocycles. The van der Waals surface area contributed by atoms with Gasteiger partial charge in [-0.1, -0.05) is 0 Å². The first kappa shape index (κ1) is 8.39. The summed E-state index contributed by atoms with van der Waals surface area (Å²) in [5.41, 5.74) is 0. The predicted octanol–water partition coefficient (Wildman–Crippen LogP) is 0.0312. The molecular formula is C6H7NO3S. The van der Waals surface area contributed by atoms with Crippen molar-refractivity contribution in [3.8, 4) is 0 Å². The summed E-state index contributed by atoms with van der Waals surface area (Å²) in [6, 6.07) is -0.863. The van der Waals surface area contributed by atoms with Crippen molar-refractivity contribution in [3.05, 3.63) is 5.75 Å². The van der Waals surface area contributed by atoms with Crippen molar-refractivity contribution in [2.45, 2.75) is 13.0 Å². The van der Waals surface area contributed by atoms with Gasteiger partial charge in [0.2, 0.25) is 5.91 Å². The highest BCUT2D eigenvalue weighted by atomic mass is 32.2. The summed E-state index contributed by atoms with van der Waals surface area (Å²) in [6.07, 6.45) is 0. The Balaban J connectivity index is 2.65. The van der Waals surface area contributed by atoms with E-state index < -0.39 is 12.0 Å². The first-order chi connectivity index (χ1) is 5.13. The largest absolute Gasteiger partial charge is 0.480 e. The van der Waals surface area contributed by atoms with E-state index in [9.17, 15) is 9.59 Å². The Morgan fingerprint density at radius 3 is 2.73 bits per heavy atom. The van der Waals surface area contributed by atoms with E-state index in [2.05, 4.69) is 5.75 Å². The number of carbonyl (C=O) groups excluding carboxylic acids is 1. The van der Waals surface area contributed by atoms with Gasteiger partial charge in [-0.05, 0) is 0 Å². The average molecular weight is 173 g/mol. The number of nitrogens with zero attached hydrogens (tertiary/aromatic N) is 1. The molecule has 1 rings (SSSR count). The molecule has 2 radical (unpaired) electrons. The number of hydrogen-bond acceptors (Lipinski definition) is 3. The van der Waals surface area contributed by atoms with Crippen molar-refractivity contribution >= 4 is 23.6 Å². The van der Waals surface area contributed by atoms with E-state index in [-0.39, 0.29) is 5.91 Å². The van der Waals surface area contributed by atoms with Crippen LogP contribution in [0, 0.1) is 5.75 Å². The molecule has 1 N–H and O–H groups in total. The van der Waals surface area contributed by atoms with E-state index >= 15 is 0 Å². The summed E-state index contributed by atoms with van der Waals surface area (Å²) in [5, 5.41) is 8.56. The van der Waals surface area contributed by atoms with Gasteiger partial charge >= 0.3 is 5.97 Å². The smallest absolute Gasteiger partial charge is 0.328 e. The molecule has 0 aromatic rings. The lowest BCUT2D eigenvalue weighted by Gasteiger charge is -2.17. The van der Waals surface area contributed by atoms with Crippen LogP contribution >= 0.6 is 11.8 Å². The Bertz CT molecular complexity index is 174. The lowest BCUT2D eigenvalue weighted by atomic mass is 10.3. The molecule has 5 heteroatoms. The molecule has 4 nitrogen and oxygen atoms in total. The zero-order valence-electron chi connectivity index (χ0n) is 5.90. The summed E-state index contributed by atoms with van der Waals surface area (Å²) < 4.78 is 0. The van der Waals surface area contributed by atoms with Crippen LogP contribution in [-0.2, 0) is 9.59 Å². The maximum absolute atomic E-state index is 10.8. The molecule has 1 aliphatic heterocycles. The van der Waals surface area contributed by atoms with E-state index in [0.29, 0.717) is 5.88 Å². The van der Waals surface area contributed by atoms with Crippen LogP contribution in [0.15, 0.2) is 0 Å². The lowest BCUT2D eigenvalue weighted by Crippen LogP contribution is -2.39. The van der Waals surface area contributed by atoms with Crippen LogP contribution in [0.1, 0.15) is 6.92 Å². The zero-order valence-corrected chi connectivity index (χ0v) is 6.72. The Kier molecular flexibility index (Phi) is 2.38. The van der Waals surface area contributed by atoms with E-state index in [0.717, 1.165) is 0 Å². The summed E-state index contributed by atoms with van der Waals surface area (Å²) in [7, 11) is 0. The second-order valence-electron chi connectivity index (χ2n) is 2.12. The fourth-order valence-corrected chi connectivity index (χ4v) is 1.71. The van der Waals surface area contributed by atoms with Crippen molar-refractivity contribution in [1.29, 1.82) is 0 Å². The van der Waals surface area contributed by atoms with E-state index in [1.54, 1.807) is 0 Å². The Morgan fingerprint density at radius 1 is 1.73 bits per heavy atom. The van der Waals surface area contributed by atoms with Gasteiger partial charge in [0.25, 0.3) is 0 Å². The maximum atomic E-state index is 10.8. The summed E-state index contributed by atoms with van der Waals surface area (Å²) in [5.74, 6) is 1.75. The fourth-order valence-electron chi connectivity index (χ4n) is 0.780. The fraction of sp³-hybridized carbons (Fsp3) is 0.500. The van der Waals surface area contributed by atoms with Gasteiger partial charge < -0.3 is 10.0 Å². The minimum absolute atomic E-state index is 0.227. The molecule has 1 aliphatic rings. The Labute approximate surface area is 68.6 Å². The Hall–Kier alpha value is -0.710. The molecule has 0 aromatic heterocycles. The third-order valence-electron chi connectivity index (χ3n) is 1.35. The average Bonchev–Trinajstić information content (AvgIpc) is 2.32. The van der Waals surface area contributed by atoms with Crippen LogP contribution in [0.4, 0.5) is 0 Å². The van der Waals surface area contributed by atoms with Gasteiger partial charge in [-0.2, -0.15) is 0 Å². The quantitative estimate of drug-likeness (QED) is 0.607. The maximum Gasteiger partial charge on any atom is 0.328 e. The number of rotatable bonds is 1. The number of carboxylic acids is 1. The molecule has 1 atom stereocenters.